The molecule has 164 valence electrons. The first kappa shape index (κ1) is 22.4. The summed E-state index contributed by atoms with van der Waals surface area (Å²) in [5.41, 5.74) is 6.61. The number of benzene rings is 2. The fraction of sp³-hybridized carbons (Fsp3) is 0.250. The lowest BCUT2D eigenvalue weighted by Crippen LogP contribution is -2.23. The first-order chi connectivity index (χ1) is 14.3. The zero-order valence-electron chi connectivity index (χ0n) is 16.8. The number of esters is 1. The van der Waals surface area contributed by atoms with Crippen molar-refractivity contribution >= 4 is 29.2 Å². The number of nitrogens with two attached hydrogens (primary N) is 1. The molecular weight excluding hydrogens is 435 g/mol. The number of halogens is 4. The molecule has 3 N–H and O–H groups in total. The van der Waals surface area contributed by atoms with Gasteiger partial charge in [-0.3, -0.25) is 5.43 Å². The number of aromatic nitrogens is 3. The molecule has 1 heterocycles. The van der Waals surface area contributed by atoms with Crippen LogP contribution in [0.1, 0.15) is 36.7 Å². The Morgan fingerprint density at radius 3 is 2.32 bits per heavy atom. The van der Waals surface area contributed by atoms with Crippen molar-refractivity contribution in [3.05, 3.63) is 58.9 Å². The summed E-state index contributed by atoms with van der Waals surface area (Å²) >= 11 is 6.23. The second kappa shape index (κ2) is 8.10. The Morgan fingerprint density at radius 1 is 1.16 bits per heavy atom. The van der Waals surface area contributed by atoms with Crippen LogP contribution in [0.15, 0.2) is 42.7 Å². The Hall–Kier alpha value is -3.27. The van der Waals surface area contributed by atoms with Gasteiger partial charge in [0, 0.05) is 5.56 Å². The second-order valence-corrected chi connectivity index (χ2v) is 8.02. The number of anilines is 2. The molecule has 3 rings (SSSR count). The van der Waals surface area contributed by atoms with Gasteiger partial charge in [0.2, 0.25) is 5.95 Å². The number of nitrogens with zero attached hydrogens (tertiary/aromatic N) is 3. The number of nitrogen functional groups attached to an aromatic ring is 1. The minimum Gasteiger partial charge on any atom is -0.456 e. The van der Waals surface area contributed by atoms with Gasteiger partial charge in [-0.15, -0.1) is 5.10 Å². The van der Waals surface area contributed by atoms with E-state index in [0.29, 0.717) is 0 Å². The number of hydrogen-bond donors (Lipinski definition) is 2. The highest BCUT2D eigenvalue weighted by Gasteiger charge is 2.35. The van der Waals surface area contributed by atoms with Crippen molar-refractivity contribution in [3.63, 3.8) is 0 Å². The van der Waals surface area contributed by atoms with Gasteiger partial charge in [0.25, 0.3) is 0 Å². The minimum absolute atomic E-state index is 0.0383. The van der Waals surface area contributed by atoms with E-state index in [1.165, 1.54) is 36.7 Å². The van der Waals surface area contributed by atoms with Crippen molar-refractivity contribution in [1.29, 1.82) is 0 Å². The fourth-order valence-electron chi connectivity index (χ4n) is 2.76. The van der Waals surface area contributed by atoms with Crippen LogP contribution in [0.25, 0.3) is 11.1 Å². The first-order valence-corrected chi connectivity index (χ1v) is 9.40. The summed E-state index contributed by atoms with van der Waals surface area (Å²) in [6, 6.07) is 7.79. The Kier molecular flexibility index (Phi) is 5.86. The van der Waals surface area contributed by atoms with Crippen LogP contribution in [0.5, 0.6) is 0 Å². The van der Waals surface area contributed by atoms with Crippen LogP contribution in [0.2, 0.25) is 5.02 Å². The number of rotatable bonds is 4. The van der Waals surface area contributed by atoms with Crippen molar-refractivity contribution in [1.82, 2.24) is 14.9 Å². The highest BCUT2D eigenvalue weighted by molar-refractivity contribution is 6.33. The molecule has 31 heavy (non-hydrogen) atoms. The van der Waals surface area contributed by atoms with Crippen LogP contribution in [0.4, 0.5) is 24.8 Å². The molecule has 0 amide bonds. The summed E-state index contributed by atoms with van der Waals surface area (Å²) in [6.07, 6.45) is -3.48. The van der Waals surface area contributed by atoms with Gasteiger partial charge in [0.05, 0.1) is 21.8 Å². The monoisotopic (exact) mass is 453 g/mol. The Balaban J connectivity index is 1.99. The maximum atomic E-state index is 13.8. The Morgan fingerprint density at radius 2 is 1.81 bits per heavy atom. The standard InChI is InChI=1S/C20H19ClF3N5O2/c1-19(2,3)31-17(30)12-6-4-11(5-7-12)16-14(20(22,23)24)8-13(9-15(16)21)27-29-10-26-18(25)28-29/h4-10,27H,1-3H3,(H2,25,28). The van der Waals surface area contributed by atoms with E-state index in [0.717, 1.165) is 10.9 Å². The summed E-state index contributed by atoms with van der Waals surface area (Å²) < 4.78 is 46.7. The van der Waals surface area contributed by atoms with Crippen LogP contribution < -0.4 is 11.2 Å². The average molecular weight is 454 g/mol. The van der Waals surface area contributed by atoms with Gasteiger partial charge in [-0.1, -0.05) is 23.7 Å². The highest BCUT2D eigenvalue weighted by atomic mass is 35.5. The lowest BCUT2D eigenvalue weighted by Gasteiger charge is -2.20. The molecule has 0 spiro atoms. The van der Waals surface area contributed by atoms with Crippen molar-refractivity contribution in [2.45, 2.75) is 32.5 Å². The van der Waals surface area contributed by atoms with Gasteiger partial charge >= 0.3 is 12.1 Å². The molecule has 0 bridgehead atoms. The minimum atomic E-state index is -4.69. The molecular formula is C20H19ClF3N5O2. The summed E-state index contributed by atoms with van der Waals surface area (Å²) in [6.45, 7) is 5.16. The van der Waals surface area contributed by atoms with Gasteiger partial charge in [-0.2, -0.15) is 22.9 Å². The van der Waals surface area contributed by atoms with Gasteiger partial charge in [0.15, 0.2) is 0 Å². The van der Waals surface area contributed by atoms with E-state index in [4.69, 9.17) is 22.1 Å². The Labute approximate surface area is 180 Å². The summed E-state index contributed by atoms with van der Waals surface area (Å²) in [5.74, 6) is -0.621. The van der Waals surface area contributed by atoms with E-state index < -0.39 is 23.3 Å². The topological polar surface area (TPSA) is 95.1 Å². The Bertz CT molecular complexity index is 1110. The van der Waals surface area contributed by atoms with Gasteiger partial charge in [-0.05, 0) is 50.6 Å². The van der Waals surface area contributed by atoms with E-state index in [1.54, 1.807) is 20.8 Å². The van der Waals surface area contributed by atoms with Crippen LogP contribution in [-0.4, -0.2) is 26.4 Å². The molecule has 0 atom stereocenters. The maximum Gasteiger partial charge on any atom is 0.417 e. The number of ether oxygens (including phenoxy) is 1. The van der Waals surface area contributed by atoms with E-state index in [9.17, 15) is 18.0 Å². The van der Waals surface area contributed by atoms with Crippen LogP contribution in [-0.2, 0) is 10.9 Å². The number of carbonyl (C=O) groups excluding carboxylic acids is 1. The van der Waals surface area contributed by atoms with E-state index in [-0.39, 0.29) is 33.3 Å². The van der Waals surface area contributed by atoms with Crippen molar-refractivity contribution in [2.75, 3.05) is 11.2 Å². The molecule has 0 aliphatic rings. The smallest absolute Gasteiger partial charge is 0.417 e. The number of carbonyl (C=O) groups is 1. The predicted molar refractivity (Wildman–Crippen MR) is 111 cm³/mol. The molecule has 11 heteroatoms. The molecule has 0 aliphatic heterocycles. The molecule has 0 fully saturated rings. The molecule has 0 radical (unpaired) electrons. The molecule has 2 aromatic carbocycles. The summed E-state index contributed by atoms with van der Waals surface area (Å²) in [7, 11) is 0. The zero-order valence-corrected chi connectivity index (χ0v) is 17.5. The molecule has 1 aromatic heterocycles. The first-order valence-electron chi connectivity index (χ1n) is 9.02. The molecule has 0 saturated carbocycles. The largest absolute Gasteiger partial charge is 0.456 e. The van der Waals surface area contributed by atoms with E-state index >= 15 is 0 Å². The van der Waals surface area contributed by atoms with E-state index in [2.05, 4.69) is 15.5 Å². The quantitative estimate of drug-likeness (QED) is 0.538. The molecule has 3 aromatic rings. The maximum absolute atomic E-state index is 13.8. The summed E-state index contributed by atoms with van der Waals surface area (Å²) in [5, 5.41) is 3.62. The lowest BCUT2D eigenvalue weighted by atomic mass is 9.97. The van der Waals surface area contributed by atoms with Crippen LogP contribution in [0.3, 0.4) is 0 Å². The summed E-state index contributed by atoms with van der Waals surface area (Å²) in [4.78, 5) is 16.9. The SMILES string of the molecule is CC(C)(C)OC(=O)c1ccc(-c2c(Cl)cc(Nn3cnc(N)n3)cc2C(F)(F)F)cc1. The molecule has 0 saturated heterocycles. The third-order valence-electron chi connectivity index (χ3n) is 3.96. The van der Waals surface area contributed by atoms with Crippen LogP contribution >= 0.6 is 11.6 Å². The van der Waals surface area contributed by atoms with Gasteiger partial charge in [0.1, 0.15) is 11.9 Å². The lowest BCUT2D eigenvalue weighted by molar-refractivity contribution is -0.137. The third kappa shape index (κ3) is 5.46. The van der Waals surface area contributed by atoms with Gasteiger partial charge < -0.3 is 10.5 Å². The highest BCUT2D eigenvalue weighted by Crippen LogP contribution is 2.43. The third-order valence-corrected chi connectivity index (χ3v) is 4.26. The predicted octanol–water partition coefficient (Wildman–Crippen LogP) is 5.03. The number of nitrogens with one attached hydrogen (secondary N) is 1. The van der Waals surface area contributed by atoms with Crippen LogP contribution in [0, 0.1) is 0 Å². The normalized spacial score (nSPS) is 12.0. The zero-order chi connectivity index (χ0) is 23.0. The van der Waals surface area contributed by atoms with Gasteiger partial charge in [-0.25, -0.2) is 4.79 Å². The van der Waals surface area contributed by atoms with E-state index in [1.807, 2.05) is 0 Å². The van der Waals surface area contributed by atoms with Crippen molar-refractivity contribution < 1.29 is 22.7 Å². The molecule has 7 nitrogen and oxygen atoms in total. The fourth-order valence-corrected chi connectivity index (χ4v) is 3.09. The number of hydrogen-bond acceptors (Lipinski definition) is 6. The average Bonchev–Trinajstić information content (AvgIpc) is 3.04. The number of alkyl halides is 3. The van der Waals surface area contributed by atoms with Crippen molar-refractivity contribution in [3.8, 4) is 11.1 Å². The molecule has 0 unspecified atom stereocenters. The van der Waals surface area contributed by atoms with Crippen molar-refractivity contribution in [2.24, 2.45) is 0 Å². The second-order valence-electron chi connectivity index (χ2n) is 7.62. The molecule has 0 aliphatic carbocycles.